The number of alkyl halides is 3. The Morgan fingerprint density at radius 2 is 2.00 bits per heavy atom. The van der Waals surface area contributed by atoms with Gasteiger partial charge < -0.3 is 25.6 Å². The number of fused-ring (bicyclic) bond motifs is 1. The van der Waals surface area contributed by atoms with Crippen molar-refractivity contribution in [2.75, 3.05) is 24.2 Å². The summed E-state index contributed by atoms with van der Waals surface area (Å²) in [5.41, 5.74) is 8.04. The molecule has 0 spiro atoms. The molecule has 1 aliphatic carbocycles. The molecule has 1 aromatic carbocycles. The maximum Gasteiger partial charge on any atom is 0.393 e. The predicted octanol–water partition coefficient (Wildman–Crippen LogP) is 3.93. The molecule has 3 atom stereocenters. The Kier molecular flexibility index (Phi) is 7.06. The second kappa shape index (κ2) is 10.3. The first-order chi connectivity index (χ1) is 17.6. The fourth-order valence-electron chi connectivity index (χ4n) is 4.91. The van der Waals surface area contributed by atoms with Crippen LogP contribution in [0.25, 0.3) is 15.9 Å². The fourth-order valence-corrected chi connectivity index (χ4v) is 5.97. The lowest BCUT2D eigenvalue weighted by atomic mass is 10.1. The Morgan fingerprint density at radius 3 is 2.70 bits per heavy atom. The van der Waals surface area contributed by atoms with Gasteiger partial charge in [-0.2, -0.15) is 18.2 Å². The normalized spacial score (nSPS) is 20.1. The molecule has 3 aromatic heterocycles. The molecule has 196 valence electrons. The number of benzene rings is 1. The lowest BCUT2D eigenvalue weighted by Gasteiger charge is -2.24. The Morgan fingerprint density at radius 1 is 1.22 bits per heavy atom. The number of aromatic nitrogens is 4. The minimum Gasteiger partial charge on any atom is -0.393 e. The first kappa shape index (κ1) is 25.4. The third-order valence-electron chi connectivity index (χ3n) is 6.68. The number of hydrogen-bond acceptors (Lipinski definition) is 8. The second-order valence-corrected chi connectivity index (χ2v) is 10.6. The smallest absolute Gasteiger partial charge is 0.393 e. The third kappa shape index (κ3) is 6.03. The van der Waals surface area contributed by atoms with E-state index in [4.69, 9.17) is 5.73 Å². The van der Waals surface area contributed by atoms with E-state index in [1.807, 2.05) is 34.8 Å². The van der Waals surface area contributed by atoms with Crippen LogP contribution in [0.3, 0.4) is 0 Å². The minimum atomic E-state index is -4.30. The van der Waals surface area contributed by atoms with E-state index in [0.29, 0.717) is 35.5 Å². The van der Waals surface area contributed by atoms with Gasteiger partial charge in [-0.05, 0) is 36.6 Å². The van der Waals surface area contributed by atoms with Gasteiger partial charge in [-0.1, -0.05) is 12.1 Å². The molecule has 0 aliphatic heterocycles. The van der Waals surface area contributed by atoms with Crippen LogP contribution in [0, 0.1) is 5.92 Å². The molecule has 37 heavy (non-hydrogen) atoms. The van der Waals surface area contributed by atoms with Gasteiger partial charge in [0.25, 0.3) is 0 Å². The van der Waals surface area contributed by atoms with Gasteiger partial charge in [-0.15, -0.1) is 11.3 Å². The number of aliphatic hydroxyl groups excluding tert-OH is 1. The highest BCUT2D eigenvalue weighted by Crippen LogP contribution is 2.35. The molecule has 4 N–H and O–H groups in total. The topological polar surface area (TPSA) is 105 Å². The predicted molar refractivity (Wildman–Crippen MR) is 138 cm³/mol. The Balaban J connectivity index is 1.21. The molecule has 0 amide bonds. The number of nitrogens with two attached hydrogens (primary N) is 1. The zero-order chi connectivity index (χ0) is 26.2. The van der Waals surface area contributed by atoms with Crippen molar-refractivity contribution in [2.45, 2.75) is 44.1 Å². The van der Waals surface area contributed by atoms with Crippen LogP contribution in [0.4, 0.5) is 24.9 Å². The maximum absolute atomic E-state index is 12.9. The van der Waals surface area contributed by atoms with Gasteiger partial charge in [-0.25, -0.2) is 9.97 Å². The maximum atomic E-state index is 12.9. The Hall–Kier alpha value is -3.22. The number of nitrogens with one attached hydrogen (secondary N) is 1. The van der Waals surface area contributed by atoms with Crippen LogP contribution < -0.4 is 16.0 Å². The summed E-state index contributed by atoms with van der Waals surface area (Å²) in [5, 5.41) is 14.8. The van der Waals surface area contributed by atoms with Gasteiger partial charge in [-0.3, -0.25) is 0 Å². The first-order valence-corrected chi connectivity index (χ1v) is 12.8. The van der Waals surface area contributed by atoms with Crippen LogP contribution in [0.2, 0.25) is 0 Å². The summed E-state index contributed by atoms with van der Waals surface area (Å²) in [6.07, 6.45) is 0.967. The van der Waals surface area contributed by atoms with Gasteiger partial charge in [0.15, 0.2) is 0 Å². The number of hydrogen-bond donors (Lipinski definition) is 3. The summed E-state index contributed by atoms with van der Waals surface area (Å²) >= 11 is 0.976. The quantitative estimate of drug-likeness (QED) is 0.316. The molecule has 3 heterocycles. The van der Waals surface area contributed by atoms with Gasteiger partial charge in [0.05, 0.1) is 24.2 Å². The SMILES string of the molecule is CN(CC1CC(NCc2ccc(-n3ccnc3)cc2)CC1O)c1nc(N)nc2sc(CC(F)(F)F)cc12. The molecule has 0 saturated heterocycles. The van der Waals surface area contributed by atoms with Crippen LogP contribution in [-0.2, 0) is 13.0 Å². The van der Waals surface area contributed by atoms with Crippen LogP contribution in [0.5, 0.6) is 0 Å². The van der Waals surface area contributed by atoms with E-state index in [9.17, 15) is 18.3 Å². The summed E-state index contributed by atoms with van der Waals surface area (Å²) < 4.78 is 40.7. The number of halogens is 3. The van der Waals surface area contributed by atoms with Crippen molar-refractivity contribution in [1.82, 2.24) is 24.8 Å². The average Bonchev–Trinajstić information content (AvgIpc) is 3.57. The number of imidazole rings is 1. The van der Waals surface area contributed by atoms with E-state index in [-0.39, 0.29) is 22.8 Å². The van der Waals surface area contributed by atoms with Crippen molar-refractivity contribution >= 4 is 33.3 Å². The summed E-state index contributed by atoms with van der Waals surface area (Å²) in [4.78, 5) is 15.0. The van der Waals surface area contributed by atoms with Crippen LogP contribution in [0.15, 0.2) is 49.1 Å². The van der Waals surface area contributed by atoms with E-state index in [2.05, 4.69) is 32.4 Å². The van der Waals surface area contributed by atoms with Crippen molar-refractivity contribution in [3.05, 3.63) is 59.5 Å². The highest BCUT2D eigenvalue weighted by Gasteiger charge is 2.34. The summed E-state index contributed by atoms with van der Waals surface area (Å²) in [7, 11) is 1.82. The zero-order valence-electron chi connectivity index (χ0n) is 20.2. The minimum absolute atomic E-state index is 0.0142. The molecule has 1 saturated carbocycles. The fraction of sp³-hybridized carbons (Fsp3) is 0.400. The largest absolute Gasteiger partial charge is 0.393 e. The van der Waals surface area contributed by atoms with Crippen molar-refractivity contribution in [3.63, 3.8) is 0 Å². The molecule has 3 unspecified atom stereocenters. The zero-order valence-corrected chi connectivity index (χ0v) is 21.0. The van der Waals surface area contributed by atoms with E-state index in [1.54, 1.807) is 12.5 Å². The Labute approximate surface area is 216 Å². The van der Waals surface area contributed by atoms with Gasteiger partial charge >= 0.3 is 6.18 Å². The molecule has 0 radical (unpaired) electrons. The summed E-state index contributed by atoms with van der Waals surface area (Å²) in [6, 6.07) is 9.86. The molecule has 0 bridgehead atoms. The number of aliphatic hydroxyl groups is 1. The van der Waals surface area contributed by atoms with E-state index < -0.39 is 18.7 Å². The lowest BCUT2D eigenvalue weighted by Crippen LogP contribution is -2.31. The van der Waals surface area contributed by atoms with Crippen molar-refractivity contribution in [2.24, 2.45) is 5.92 Å². The molecule has 1 aliphatic rings. The number of anilines is 2. The van der Waals surface area contributed by atoms with E-state index in [0.717, 1.165) is 29.0 Å². The van der Waals surface area contributed by atoms with Gasteiger partial charge in [0.1, 0.15) is 10.6 Å². The van der Waals surface area contributed by atoms with Gasteiger partial charge in [0.2, 0.25) is 5.95 Å². The highest BCUT2D eigenvalue weighted by molar-refractivity contribution is 7.18. The summed E-state index contributed by atoms with van der Waals surface area (Å²) in [5.74, 6) is 0.472. The highest BCUT2D eigenvalue weighted by atomic mass is 32.1. The van der Waals surface area contributed by atoms with Gasteiger partial charge in [0, 0.05) is 55.1 Å². The van der Waals surface area contributed by atoms with Crippen LogP contribution in [0.1, 0.15) is 23.3 Å². The molecular weight excluding hydrogens is 503 g/mol. The second-order valence-electron chi connectivity index (χ2n) is 9.52. The molecule has 4 aromatic rings. The standard InChI is InChI=1S/C25H28F3N7OS/c1-34(22-20-10-19(11-25(26,27)28)37-23(20)33-24(29)32-22)13-16-8-17(9-21(16)36)31-12-15-2-4-18(5-3-15)35-7-6-30-14-35/h2-7,10,14,16-17,21,31,36H,8-9,11-13H2,1H3,(H2,29,32,33). The molecule has 12 heteroatoms. The average molecular weight is 532 g/mol. The van der Waals surface area contributed by atoms with Crippen molar-refractivity contribution in [1.29, 1.82) is 0 Å². The van der Waals surface area contributed by atoms with E-state index >= 15 is 0 Å². The monoisotopic (exact) mass is 531 g/mol. The molecule has 5 rings (SSSR count). The number of rotatable bonds is 8. The van der Waals surface area contributed by atoms with Crippen molar-refractivity contribution in [3.8, 4) is 5.69 Å². The lowest BCUT2D eigenvalue weighted by molar-refractivity contribution is -0.126. The third-order valence-corrected chi connectivity index (χ3v) is 7.71. The Bertz CT molecular complexity index is 1340. The van der Waals surface area contributed by atoms with Crippen LogP contribution >= 0.6 is 11.3 Å². The molecule has 1 fully saturated rings. The van der Waals surface area contributed by atoms with Crippen LogP contribution in [-0.4, -0.2) is 56.5 Å². The molecular formula is C25H28F3N7OS. The summed E-state index contributed by atoms with van der Waals surface area (Å²) in [6.45, 7) is 1.18. The van der Waals surface area contributed by atoms with E-state index in [1.165, 1.54) is 6.07 Å². The number of nitrogens with zero attached hydrogens (tertiary/aromatic N) is 5. The van der Waals surface area contributed by atoms with Crippen molar-refractivity contribution < 1.29 is 18.3 Å². The number of nitrogen functional groups attached to an aromatic ring is 1. The number of thiophene rings is 1. The molecule has 8 nitrogen and oxygen atoms in total. The first-order valence-electron chi connectivity index (χ1n) is 12.0.